The van der Waals surface area contributed by atoms with E-state index in [1.54, 1.807) is 12.0 Å². The van der Waals surface area contributed by atoms with Gasteiger partial charge in [0.15, 0.2) is 0 Å². The molecule has 0 aliphatic carbocycles. The van der Waals surface area contributed by atoms with Gasteiger partial charge in [-0.05, 0) is 43.0 Å². The van der Waals surface area contributed by atoms with Crippen LogP contribution < -0.4 is 16.0 Å². The van der Waals surface area contributed by atoms with Crippen LogP contribution in [0.3, 0.4) is 0 Å². The third kappa shape index (κ3) is 4.05. The molecule has 8 heteroatoms. The number of piperidine rings is 1. The predicted molar refractivity (Wildman–Crippen MR) is 106 cm³/mol. The van der Waals surface area contributed by atoms with Gasteiger partial charge < -0.3 is 20.3 Å². The summed E-state index contributed by atoms with van der Waals surface area (Å²) in [6.07, 6.45) is 2.88. The fourth-order valence-electron chi connectivity index (χ4n) is 4.63. The maximum Gasteiger partial charge on any atom is 0.255 e. The highest BCUT2D eigenvalue weighted by molar-refractivity contribution is 6.05. The molecule has 1 aromatic rings. The first kappa shape index (κ1) is 20.0. The molecule has 0 aromatic heterocycles. The van der Waals surface area contributed by atoms with E-state index in [0.717, 1.165) is 37.1 Å². The number of ether oxygens (including phenoxy) is 1. The maximum absolute atomic E-state index is 12.9. The normalized spacial score (nSPS) is 26.7. The Balaban J connectivity index is 1.39. The number of methoxy groups -OCH3 is 1. The minimum atomic E-state index is -0.573. The van der Waals surface area contributed by atoms with Crippen molar-refractivity contribution in [2.75, 3.05) is 26.8 Å². The molecule has 3 amide bonds. The number of hydrogen-bond donors (Lipinski definition) is 3. The fraction of sp³-hybridized carbons (Fsp3) is 0.571. The average Bonchev–Trinajstić information content (AvgIpc) is 3.28. The van der Waals surface area contributed by atoms with Gasteiger partial charge in [-0.1, -0.05) is 12.1 Å². The zero-order chi connectivity index (χ0) is 20.4. The molecule has 0 spiro atoms. The van der Waals surface area contributed by atoms with Gasteiger partial charge in [-0.2, -0.15) is 0 Å². The molecule has 3 aliphatic heterocycles. The summed E-state index contributed by atoms with van der Waals surface area (Å²) < 4.78 is 5.38. The van der Waals surface area contributed by atoms with E-state index in [4.69, 9.17) is 4.74 Å². The Morgan fingerprint density at radius 3 is 2.90 bits per heavy atom. The number of benzene rings is 1. The van der Waals surface area contributed by atoms with Gasteiger partial charge in [-0.3, -0.25) is 19.7 Å². The summed E-state index contributed by atoms with van der Waals surface area (Å²) in [5.74, 6) is -0.784. The summed E-state index contributed by atoms with van der Waals surface area (Å²) in [7, 11) is 1.72. The highest BCUT2D eigenvalue weighted by atomic mass is 16.5. The standard InChI is InChI=1S/C21H28N4O4/c1-29-13-21(7-2-8-23-21)12-22-10-14-3-4-15-11-25(20(28)16(15)9-14)17-5-6-18(26)24-19(17)27/h3-4,9,17,22-23H,2,5-8,10-13H2,1H3,(H,24,26,27). The van der Waals surface area contributed by atoms with Crippen molar-refractivity contribution in [1.29, 1.82) is 0 Å². The lowest BCUT2D eigenvalue weighted by atomic mass is 9.98. The van der Waals surface area contributed by atoms with Crippen LogP contribution in [0.4, 0.5) is 0 Å². The molecule has 2 atom stereocenters. The summed E-state index contributed by atoms with van der Waals surface area (Å²) in [5, 5.41) is 9.37. The third-order valence-electron chi connectivity index (χ3n) is 6.14. The van der Waals surface area contributed by atoms with Crippen molar-refractivity contribution in [3.05, 3.63) is 34.9 Å². The molecule has 3 N–H and O–H groups in total. The van der Waals surface area contributed by atoms with Crippen LogP contribution >= 0.6 is 0 Å². The Morgan fingerprint density at radius 2 is 2.17 bits per heavy atom. The monoisotopic (exact) mass is 400 g/mol. The molecule has 2 fully saturated rings. The molecule has 8 nitrogen and oxygen atoms in total. The van der Waals surface area contributed by atoms with Crippen molar-refractivity contribution in [2.45, 2.75) is 50.4 Å². The fourth-order valence-corrected chi connectivity index (χ4v) is 4.63. The zero-order valence-electron chi connectivity index (χ0n) is 16.8. The van der Waals surface area contributed by atoms with E-state index in [1.807, 2.05) is 18.2 Å². The Hall–Kier alpha value is -2.29. The zero-order valence-corrected chi connectivity index (χ0v) is 16.8. The molecule has 0 bridgehead atoms. The molecule has 1 aromatic carbocycles. The van der Waals surface area contributed by atoms with Crippen molar-refractivity contribution in [2.24, 2.45) is 0 Å². The number of fused-ring (bicyclic) bond motifs is 1. The molecular formula is C21H28N4O4. The van der Waals surface area contributed by atoms with Crippen LogP contribution in [0.15, 0.2) is 18.2 Å². The number of amides is 3. The molecule has 29 heavy (non-hydrogen) atoms. The summed E-state index contributed by atoms with van der Waals surface area (Å²) >= 11 is 0. The van der Waals surface area contributed by atoms with Gasteiger partial charge in [-0.25, -0.2) is 0 Å². The van der Waals surface area contributed by atoms with Crippen LogP contribution in [0.2, 0.25) is 0 Å². The van der Waals surface area contributed by atoms with E-state index in [9.17, 15) is 14.4 Å². The minimum absolute atomic E-state index is 0.0239. The minimum Gasteiger partial charge on any atom is -0.383 e. The van der Waals surface area contributed by atoms with Gasteiger partial charge in [0.25, 0.3) is 5.91 Å². The van der Waals surface area contributed by atoms with E-state index in [-0.39, 0.29) is 29.7 Å². The van der Waals surface area contributed by atoms with Crippen molar-refractivity contribution in [1.82, 2.24) is 20.9 Å². The number of hydrogen-bond acceptors (Lipinski definition) is 6. The number of nitrogens with zero attached hydrogens (tertiary/aromatic N) is 1. The Morgan fingerprint density at radius 1 is 1.31 bits per heavy atom. The Kier molecular flexibility index (Phi) is 5.67. The van der Waals surface area contributed by atoms with Crippen LogP contribution in [0.1, 0.15) is 47.2 Å². The predicted octanol–water partition coefficient (Wildman–Crippen LogP) is 0.306. The SMILES string of the molecule is COCC1(CNCc2ccc3c(c2)C(=O)N(C2CCC(=O)NC2=O)C3)CCCN1. The summed E-state index contributed by atoms with van der Waals surface area (Å²) in [6, 6.07) is 5.34. The number of carbonyl (C=O) groups excluding carboxylic acids is 3. The largest absolute Gasteiger partial charge is 0.383 e. The lowest BCUT2D eigenvalue weighted by Crippen LogP contribution is -2.52. The van der Waals surface area contributed by atoms with E-state index in [2.05, 4.69) is 16.0 Å². The second-order valence-electron chi connectivity index (χ2n) is 8.24. The van der Waals surface area contributed by atoms with Crippen LogP contribution in [0.25, 0.3) is 0 Å². The van der Waals surface area contributed by atoms with E-state index >= 15 is 0 Å². The van der Waals surface area contributed by atoms with Crippen LogP contribution in [-0.4, -0.2) is 61.0 Å². The quantitative estimate of drug-likeness (QED) is 0.570. The molecule has 156 valence electrons. The van der Waals surface area contributed by atoms with E-state index in [0.29, 0.717) is 31.7 Å². The molecule has 0 radical (unpaired) electrons. The van der Waals surface area contributed by atoms with Crippen molar-refractivity contribution < 1.29 is 19.1 Å². The summed E-state index contributed by atoms with van der Waals surface area (Å²) in [6.45, 7) is 3.55. The highest BCUT2D eigenvalue weighted by Gasteiger charge is 2.39. The highest BCUT2D eigenvalue weighted by Crippen LogP contribution is 2.28. The van der Waals surface area contributed by atoms with E-state index < -0.39 is 6.04 Å². The first-order chi connectivity index (χ1) is 14.0. The number of imide groups is 1. The second-order valence-corrected chi connectivity index (χ2v) is 8.24. The van der Waals surface area contributed by atoms with Gasteiger partial charge in [0, 0.05) is 38.7 Å². The van der Waals surface area contributed by atoms with Gasteiger partial charge in [0.2, 0.25) is 11.8 Å². The lowest BCUT2D eigenvalue weighted by molar-refractivity contribution is -0.136. The number of nitrogens with one attached hydrogen (secondary N) is 3. The molecule has 3 aliphatic rings. The lowest BCUT2D eigenvalue weighted by Gasteiger charge is -2.29. The van der Waals surface area contributed by atoms with E-state index in [1.165, 1.54) is 0 Å². The maximum atomic E-state index is 12.9. The smallest absolute Gasteiger partial charge is 0.255 e. The molecule has 0 saturated carbocycles. The molecule has 3 heterocycles. The number of carbonyl (C=O) groups is 3. The molecule has 2 unspecified atom stereocenters. The van der Waals surface area contributed by atoms with Gasteiger partial charge in [-0.15, -0.1) is 0 Å². The first-order valence-electron chi connectivity index (χ1n) is 10.2. The topological polar surface area (TPSA) is 99.8 Å². The van der Waals surface area contributed by atoms with Gasteiger partial charge in [0.05, 0.1) is 12.1 Å². The van der Waals surface area contributed by atoms with Crippen LogP contribution in [-0.2, 0) is 27.4 Å². The first-order valence-corrected chi connectivity index (χ1v) is 10.2. The van der Waals surface area contributed by atoms with Crippen LogP contribution in [0, 0.1) is 0 Å². The third-order valence-corrected chi connectivity index (χ3v) is 6.14. The average molecular weight is 400 g/mol. The van der Waals surface area contributed by atoms with Crippen molar-refractivity contribution in [3.63, 3.8) is 0 Å². The second kappa shape index (κ2) is 8.22. The molecule has 2 saturated heterocycles. The summed E-state index contributed by atoms with van der Waals surface area (Å²) in [4.78, 5) is 38.0. The van der Waals surface area contributed by atoms with Crippen molar-refractivity contribution >= 4 is 17.7 Å². The molecule has 4 rings (SSSR count). The Bertz CT molecular complexity index is 819. The van der Waals surface area contributed by atoms with Gasteiger partial charge >= 0.3 is 0 Å². The Labute approximate surface area is 170 Å². The summed E-state index contributed by atoms with van der Waals surface area (Å²) in [5.41, 5.74) is 2.59. The van der Waals surface area contributed by atoms with Crippen molar-refractivity contribution in [3.8, 4) is 0 Å². The van der Waals surface area contributed by atoms with Gasteiger partial charge in [0.1, 0.15) is 6.04 Å². The molecular weight excluding hydrogens is 372 g/mol. The number of rotatable bonds is 7. The van der Waals surface area contributed by atoms with Crippen LogP contribution in [0.5, 0.6) is 0 Å².